The standard InChI is InChI=1S/C12H18N2O2S/c1-9-5-10(13)7-12(6-9)14-11-3-2-4-17(15,16)8-11/h5-7,11,14H,2-4,8,13H2,1H3. The van der Waals surface area contributed by atoms with Crippen LogP contribution < -0.4 is 11.1 Å². The van der Waals surface area contributed by atoms with E-state index in [1.165, 1.54) is 0 Å². The monoisotopic (exact) mass is 254 g/mol. The molecular formula is C12H18N2O2S. The third kappa shape index (κ3) is 3.36. The summed E-state index contributed by atoms with van der Waals surface area (Å²) in [5, 5.41) is 3.26. The predicted octanol–water partition coefficient (Wildman–Crippen LogP) is 1.57. The zero-order chi connectivity index (χ0) is 12.5. The number of hydrogen-bond donors (Lipinski definition) is 2. The minimum Gasteiger partial charge on any atom is -0.399 e. The lowest BCUT2D eigenvalue weighted by Gasteiger charge is -2.24. The summed E-state index contributed by atoms with van der Waals surface area (Å²) in [6.45, 7) is 1.97. The van der Waals surface area contributed by atoms with Crippen molar-refractivity contribution in [1.82, 2.24) is 0 Å². The van der Waals surface area contributed by atoms with Gasteiger partial charge in [-0.1, -0.05) is 0 Å². The maximum Gasteiger partial charge on any atom is 0.152 e. The lowest BCUT2D eigenvalue weighted by Crippen LogP contribution is -2.34. The van der Waals surface area contributed by atoms with Gasteiger partial charge in [0.15, 0.2) is 9.84 Å². The number of sulfone groups is 1. The molecule has 1 atom stereocenters. The first-order chi connectivity index (χ1) is 7.94. The van der Waals surface area contributed by atoms with E-state index in [1.807, 2.05) is 25.1 Å². The molecule has 1 unspecified atom stereocenters. The van der Waals surface area contributed by atoms with E-state index in [2.05, 4.69) is 5.32 Å². The molecule has 0 radical (unpaired) electrons. The van der Waals surface area contributed by atoms with Crippen molar-refractivity contribution in [2.75, 3.05) is 22.6 Å². The fraction of sp³-hybridized carbons (Fsp3) is 0.500. The van der Waals surface area contributed by atoms with Crippen LogP contribution in [0.3, 0.4) is 0 Å². The van der Waals surface area contributed by atoms with Gasteiger partial charge in [0, 0.05) is 17.4 Å². The highest BCUT2D eigenvalue weighted by molar-refractivity contribution is 7.91. The van der Waals surface area contributed by atoms with Crippen LogP contribution in [0.25, 0.3) is 0 Å². The molecule has 0 aromatic heterocycles. The van der Waals surface area contributed by atoms with E-state index in [-0.39, 0.29) is 11.8 Å². The molecule has 0 amide bonds. The van der Waals surface area contributed by atoms with Crippen LogP contribution in [0.2, 0.25) is 0 Å². The Bertz CT molecular complexity index is 491. The lowest BCUT2D eigenvalue weighted by molar-refractivity contribution is 0.562. The minimum absolute atomic E-state index is 0.00921. The molecule has 1 heterocycles. The van der Waals surface area contributed by atoms with Crippen LogP contribution in [0.15, 0.2) is 18.2 Å². The van der Waals surface area contributed by atoms with E-state index >= 15 is 0 Å². The molecule has 94 valence electrons. The largest absolute Gasteiger partial charge is 0.399 e. The second-order valence-electron chi connectivity index (χ2n) is 4.73. The topological polar surface area (TPSA) is 72.2 Å². The molecule has 0 bridgehead atoms. The molecule has 1 aromatic carbocycles. The number of nitrogens with two attached hydrogens (primary N) is 1. The third-order valence-corrected chi connectivity index (χ3v) is 4.75. The molecule has 0 saturated carbocycles. The highest BCUT2D eigenvalue weighted by Gasteiger charge is 2.24. The first kappa shape index (κ1) is 12.2. The van der Waals surface area contributed by atoms with E-state index in [9.17, 15) is 8.42 Å². The fourth-order valence-corrected chi connectivity index (χ4v) is 3.90. The van der Waals surface area contributed by atoms with Crippen molar-refractivity contribution in [2.24, 2.45) is 0 Å². The van der Waals surface area contributed by atoms with E-state index in [0.29, 0.717) is 11.4 Å². The third-order valence-electron chi connectivity index (χ3n) is 2.93. The van der Waals surface area contributed by atoms with Gasteiger partial charge in [0.2, 0.25) is 0 Å². The SMILES string of the molecule is Cc1cc(N)cc(NC2CCCS(=O)(=O)C2)c1. The summed E-state index contributed by atoms with van der Waals surface area (Å²) in [6.07, 6.45) is 1.63. The van der Waals surface area contributed by atoms with Crippen LogP contribution >= 0.6 is 0 Å². The molecule has 0 aliphatic carbocycles. The second kappa shape index (κ2) is 4.56. The van der Waals surface area contributed by atoms with Gasteiger partial charge in [0.1, 0.15) is 0 Å². The smallest absolute Gasteiger partial charge is 0.152 e. The Morgan fingerprint density at radius 3 is 2.76 bits per heavy atom. The fourth-order valence-electron chi connectivity index (χ4n) is 2.27. The number of nitrogen functional groups attached to an aromatic ring is 1. The molecule has 17 heavy (non-hydrogen) atoms. The summed E-state index contributed by atoms with van der Waals surface area (Å²) in [6, 6.07) is 5.73. The Hall–Kier alpha value is -1.23. The predicted molar refractivity (Wildman–Crippen MR) is 70.9 cm³/mol. The second-order valence-corrected chi connectivity index (χ2v) is 6.96. The number of rotatable bonds is 2. The molecule has 0 spiro atoms. The van der Waals surface area contributed by atoms with Gasteiger partial charge in [0.25, 0.3) is 0 Å². The average Bonchev–Trinajstić information content (AvgIpc) is 2.13. The number of anilines is 2. The Labute approximate surface area is 102 Å². The van der Waals surface area contributed by atoms with Crippen molar-refractivity contribution < 1.29 is 8.42 Å². The van der Waals surface area contributed by atoms with Crippen molar-refractivity contribution in [3.63, 3.8) is 0 Å². The Morgan fingerprint density at radius 1 is 1.35 bits per heavy atom. The molecule has 1 aliphatic rings. The van der Waals surface area contributed by atoms with Gasteiger partial charge >= 0.3 is 0 Å². The maximum atomic E-state index is 11.5. The minimum atomic E-state index is -2.87. The van der Waals surface area contributed by atoms with Gasteiger partial charge in [-0.25, -0.2) is 8.42 Å². The van der Waals surface area contributed by atoms with Crippen molar-refractivity contribution in [3.05, 3.63) is 23.8 Å². The van der Waals surface area contributed by atoms with E-state index in [0.717, 1.165) is 24.1 Å². The van der Waals surface area contributed by atoms with Crippen LogP contribution in [0, 0.1) is 6.92 Å². The Morgan fingerprint density at radius 2 is 2.12 bits per heavy atom. The quantitative estimate of drug-likeness (QED) is 0.786. The maximum absolute atomic E-state index is 11.5. The number of nitrogens with one attached hydrogen (secondary N) is 1. The van der Waals surface area contributed by atoms with Crippen LogP contribution in [0.1, 0.15) is 18.4 Å². The highest BCUT2D eigenvalue weighted by Crippen LogP contribution is 2.20. The molecule has 1 aliphatic heterocycles. The first-order valence-corrected chi connectivity index (χ1v) is 7.61. The summed E-state index contributed by atoms with van der Waals surface area (Å²) >= 11 is 0. The van der Waals surface area contributed by atoms with E-state index < -0.39 is 9.84 Å². The highest BCUT2D eigenvalue weighted by atomic mass is 32.2. The van der Waals surface area contributed by atoms with Crippen LogP contribution in [-0.4, -0.2) is 26.0 Å². The van der Waals surface area contributed by atoms with Crippen LogP contribution in [-0.2, 0) is 9.84 Å². The summed E-state index contributed by atoms with van der Waals surface area (Å²) in [5.41, 5.74) is 8.44. The summed E-state index contributed by atoms with van der Waals surface area (Å²) in [4.78, 5) is 0. The van der Waals surface area contributed by atoms with Gasteiger partial charge in [-0.15, -0.1) is 0 Å². The number of benzene rings is 1. The van der Waals surface area contributed by atoms with Gasteiger partial charge in [0.05, 0.1) is 11.5 Å². The number of hydrogen-bond acceptors (Lipinski definition) is 4. The molecule has 3 N–H and O–H groups in total. The molecule has 4 nitrogen and oxygen atoms in total. The lowest BCUT2D eigenvalue weighted by atomic mass is 10.1. The van der Waals surface area contributed by atoms with E-state index in [4.69, 9.17) is 5.73 Å². The Balaban J connectivity index is 2.10. The van der Waals surface area contributed by atoms with Crippen molar-refractivity contribution in [2.45, 2.75) is 25.8 Å². The van der Waals surface area contributed by atoms with Crippen LogP contribution in [0.5, 0.6) is 0 Å². The summed E-state index contributed by atoms with van der Waals surface area (Å²) < 4.78 is 23.0. The molecular weight excluding hydrogens is 236 g/mol. The van der Waals surface area contributed by atoms with Crippen molar-refractivity contribution >= 4 is 21.2 Å². The molecule has 1 fully saturated rings. The molecule has 1 saturated heterocycles. The summed E-state index contributed by atoms with van der Waals surface area (Å²) in [5.74, 6) is 0.544. The molecule has 5 heteroatoms. The van der Waals surface area contributed by atoms with Gasteiger partial charge in [-0.05, 0) is 43.5 Å². The van der Waals surface area contributed by atoms with Gasteiger partial charge < -0.3 is 11.1 Å². The molecule has 1 aromatic rings. The Kier molecular flexibility index (Phi) is 3.28. The zero-order valence-corrected chi connectivity index (χ0v) is 10.8. The van der Waals surface area contributed by atoms with Gasteiger partial charge in [-0.3, -0.25) is 0 Å². The van der Waals surface area contributed by atoms with Crippen LogP contribution in [0.4, 0.5) is 11.4 Å². The van der Waals surface area contributed by atoms with Crippen molar-refractivity contribution in [1.29, 1.82) is 0 Å². The first-order valence-electron chi connectivity index (χ1n) is 5.79. The molecule has 2 rings (SSSR count). The zero-order valence-electron chi connectivity index (χ0n) is 9.94. The van der Waals surface area contributed by atoms with Crippen molar-refractivity contribution in [3.8, 4) is 0 Å². The van der Waals surface area contributed by atoms with Gasteiger partial charge in [-0.2, -0.15) is 0 Å². The average molecular weight is 254 g/mol. The number of aryl methyl sites for hydroxylation is 1. The van der Waals surface area contributed by atoms with E-state index in [1.54, 1.807) is 0 Å². The normalized spacial score (nSPS) is 23.2. The summed E-state index contributed by atoms with van der Waals surface area (Å²) in [7, 11) is -2.87.